The third-order valence-corrected chi connectivity index (χ3v) is 4.19. The van der Waals surface area contributed by atoms with Gasteiger partial charge in [0.1, 0.15) is 23.4 Å². The zero-order chi connectivity index (χ0) is 19.2. The van der Waals surface area contributed by atoms with Crippen LogP contribution in [-0.2, 0) is 17.8 Å². The summed E-state index contributed by atoms with van der Waals surface area (Å²) in [6, 6.07) is 12.7. The Kier molecular flexibility index (Phi) is 5.82. The topological polar surface area (TPSA) is 80.6 Å². The maximum atomic E-state index is 12.1. The van der Waals surface area contributed by atoms with Crippen molar-refractivity contribution >= 4 is 5.91 Å². The smallest absolute Gasteiger partial charge is 0.258 e. The molecule has 1 aliphatic heterocycles. The normalized spacial score (nSPS) is 14.6. The Morgan fingerprint density at radius 2 is 2.19 bits per heavy atom. The molecule has 0 radical (unpaired) electrons. The molecule has 2 aromatic rings. The fraction of sp³-hybridized carbons (Fsp3) is 0.333. The van der Waals surface area contributed by atoms with E-state index in [-0.39, 0.29) is 18.6 Å². The minimum absolute atomic E-state index is 0.128. The lowest BCUT2D eigenvalue weighted by Crippen LogP contribution is -2.28. The summed E-state index contributed by atoms with van der Waals surface area (Å²) in [5.74, 6) is 1.84. The number of nitriles is 1. The molecule has 3 rings (SSSR count). The molecule has 1 amide bonds. The highest BCUT2D eigenvalue weighted by atomic mass is 16.5. The minimum atomic E-state index is -0.255. The molecule has 0 aromatic heterocycles. The lowest BCUT2D eigenvalue weighted by molar-refractivity contribution is -0.123. The highest BCUT2D eigenvalue weighted by molar-refractivity contribution is 5.77. The van der Waals surface area contributed by atoms with Crippen LogP contribution in [0.1, 0.15) is 30.5 Å². The average Bonchev–Trinajstić information content (AvgIpc) is 3.03. The monoisotopic (exact) mass is 366 g/mol. The highest BCUT2D eigenvalue weighted by Gasteiger charge is 2.22. The van der Waals surface area contributed by atoms with E-state index in [4.69, 9.17) is 19.5 Å². The Balaban J connectivity index is 1.59. The lowest BCUT2D eigenvalue weighted by Gasteiger charge is -2.13. The quantitative estimate of drug-likeness (QED) is 0.815. The van der Waals surface area contributed by atoms with Gasteiger partial charge in [-0.3, -0.25) is 4.79 Å². The van der Waals surface area contributed by atoms with Gasteiger partial charge in [-0.1, -0.05) is 6.07 Å². The Bertz CT molecular complexity index is 873. The fourth-order valence-corrected chi connectivity index (χ4v) is 2.96. The van der Waals surface area contributed by atoms with Gasteiger partial charge in [-0.05, 0) is 44.2 Å². The van der Waals surface area contributed by atoms with Crippen molar-refractivity contribution in [2.75, 3.05) is 13.2 Å². The van der Waals surface area contributed by atoms with Gasteiger partial charge in [-0.25, -0.2) is 0 Å². The molecule has 0 saturated heterocycles. The molecule has 1 aliphatic rings. The van der Waals surface area contributed by atoms with E-state index in [0.29, 0.717) is 24.5 Å². The molecule has 0 aliphatic carbocycles. The van der Waals surface area contributed by atoms with Gasteiger partial charge >= 0.3 is 0 Å². The Morgan fingerprint density at radius 1 is 1.33 bits per heavy atom. The first-order chi connectivity index (χ1) is 13.1. The third-order valence-electron chi connectivity index (χ3n) is 4.19. The standard InChI is InChI=1S/C21H22N2O4/c1-3-25-19-9-16-7-14(2)27-20(16)10-17(19)12-23-21(24)13-26-18-6-4-5-15(8-18)11-22/h4-6,8-10,14H,3,7,12-13H2,1-2H3,(H,23,24)/t14-/m1/s1. The molecular formula is C21H22N2O4. The van der Waals surface area contributed by atoms with Crippen LogP contribution in [-0.4, -0.2) is 25.2 Å². The first-order valence-electron chi connectivity index (χ1n) is 8.94. The predicted molar refractivity (Wildman–Crippen MR) is 99.9 cm³/mol. The summed E-state index contributed by atoms with van der Waals surface area (Å²) in [5, 5.41) is 11.7. The van der Waals surface area contributed by atoms with Gasteiger partial charge in [0.2, 0.25) is 0 Å². The fourth-order valence-electron chi connectivity index (χ4n) is 2.96. The van der Waals surface area contributed by atoms with Crippen molar-refractivity contribution in [3.8, 4) is 23.3 Å². The van der Waals surface area contributed by atoms with E-state index in [0.717, 1.165) is 29.0 Å². The Hall–Kier alpha value is -3.20. The number of benzene rings is 2. The second-order valence-corrected chi connectivity index (χ2v) is 6.34. The zero-order valence-electron chi connectivity index (χ0n) is 15.5. The van der Waals surface area contributed by atoms with Crippen molar-refractivity contribution in [2.24, 2.45) is 0 Å². The van der Waals surface area contributed by atoms with Crippen molar-refractivity contribution in [1.82, 2.24) is 5.32 Å². The second-order valence-electron chi connectivity index (χ2n) is 6.34. The average molecular weight is 366 g/mol. The van der Waals surface area contributed by atoms with Crippen LogP contribution >= 0.6 is 0 Å². The summed E-state index contributed by atoms with van der Waals surface area (Å²) < 4.78 is 17.0. The summed E-state index contributed by atoms with van der Waals surface area (Å²) in [6.45, 7) is 4.70. The van der Waals surface area contributed by atoms with Crippen LogP contribution in [0.15, 0.2) is 36.4 Å². The summed E-state index contributed by atoms with van der Waals surface area (Å²) in [7, 11) is 0. The van der Waals surface area contributed by atoms with Gasteiger partial charge in [-0.15, -0.1) is 0 Å². The van der Waals surface area contributed by atoms with Crippen molar-refractivity contribution in [2.45, 2.75) is 32.9 Å². The van der Waals surface area contributed by atoms with E-state index in [1.54, 1.807) is 24.3 Å². The molecule has 6 nitrogen and oxygen atoms in total. The van der Waals surface area contributed by atoms with E-state index in [1.807, 2.05) is 32.0 Å². The maximum Gasteiger partial charge on any atom is 0.258 e. The number of carbonyl (C=O) groups is 1. The van der Waals surface area contributed by atoms with E-state index in [9.17, 15) is 4.79 Å². The number of nitrogens with zero attached hydrogens (tertiary/aromatic N) is 1. The molecule has 140 valence electrons. The number of amides is 1. The van der Waals surface area contributed by atoms with Crippen LogP contribution in [0.2, 0.25) is 0 Å². The first kappa shape index (κ1) is 18.6. The predicted octanol–water partition coefficient (Wildman–Crippen LogP) is 2.98. The molecule has 2 aromatic carbocycles. The van der Waals surface area contributed by atoms with Crippen molar-refractivity contribution in [3.63, 3.8) is 0 Å². The molecule has 1 atom stereocenters. The molecule has 0 fully saturated rings. The molecule has 1 heterocycles. The van der Waals surface area contributed by atoms with Crippen molar-refractivity contribution < 1.29 is 19.0 Å². The van der Waals surface area contributed by atoms with Crippen LogP contribution < -0.4 is 19.5 Å². The molecule has 0 spiro atoms. The van der Waals surface area contributed by atoms with Gasteiger partial charge in [-0.2, -0.15) is 5.26 Å². The molecule has 0 bridgehead atoms. The van der Waals surface area contributed by atoms with Crippen LogP contribution in [0.25, 0.3) is 0 Å². The van der Waals surface area contributed by atoms with Crippen LogP contribution in [0.5, 0.6) is 17.2 Å². The van der Waals surface area contributed by atoms with Crippen LogP contribution in [0.3, 0.4) is 0 Å². The van der Waals surface area contributed by atoms with Gasteiger partial charge < -0.3 is 19.5 Å². The number of carbonyl (C=O) groups excluding carboxylic acids is 1. The van der Waals surface area contributed by atoms with E-state index < -0.39 is 0 Å². The van der Waals surface area contributed by atoms with Gasteiger partial charge in [0.15, 0.2) is 6.61 Å². The number of nitrogens with one attached hydrogen (secondary N) is 1. The summed E-state index contributed by atoms with van der Waals surface area (Å²) in [4.78, 5) is 12.1. The van der Waals surface area contributed by atoms with Crippen molar-refractivity contribution in [3.05, 3.63) is 53.1 Å². The molecule has 6 heteroatoms. The van der Waals surface area contributed by atoms with Gasteiger partial charge in [0.25, 0.3) is 5.91 Å². The number of hydrogen-bond donors (Lipinski definition) is 1. The minimum Gasteiger partial charge on any atom is -0.494 e. The molecule has 27 heavy (non-hydrogen) atoms. The molecule has 0 unspecified atom stereocenters. The van der Waals surface area contributed by atoms with E-state index in [1.165, 1.54) is 0 Å². The third kappa shape index (κ3) is 4.70. The Labute approximate surface area is 158 Å². The van der Waals surface area contributed by atoms with Gasteiger partial charge in [0, 0.05) is 24.1 Å². The summed E-state index contributed by atoms with van der Waals surface area (Å²) >= 11 is 0. The van der Waals surface area contributed by atoms with E-state index in [2.05, 4.69) is 5.32 Å². The highest BCUT2D eigenvalue weighted by Crippen LogP contribution is 2.35. The zero-order valence-corrected chi connectivity index (χ0v) is 15.5. The van der Waals surface area contributed by atoms with E-state index >= 15 is 0 Å². The number of ether oxygens (including phenoxy) is 3. The number of fused-ring (bicyclic) bond motifs is 1. The SMILES string of the molecule is CCOc1cc2c(cc1CNC(=O)COc1cccc(C#N)c1)O[C@H](C)C2. The second kappa shape index (κ2) is 8.45. The van der Waals surface area contributed by atoms with Crippen molar-refractivity contribution in [1.29, 1.82) is 5.26 Å². The number of hydrogen-bond acceptors (Lipinski definition) is 5. The number of rotatable bonds is 7. The van der Waals surface area contributed by atoms with Gasteiger partial charge in [0.05, 0.1) is 18.2 Å². The van der Waals surface area contributed by atoms with Crippen LogP contribution in [0.4, 0.5) is 0 Å². The molecule has 1 N–H and O–H groups in total. The molecular weight excluding hydrogens is 344 g/mol. The maximum absolute atomic E-state index is 12.1. The Morgan fingerprint density at radius 3 is 2.96 bits per heavy atom. The summed E-state index contributed by atoms with van der Waals surface area (Å²) in [5.41, 5.74) is 2.48. The first-order valence-corrected chi connectivity index (χ1v) is 8.94. The largest absolute Gasteiger partial charge is 0.494 e. The molecule has 0 saturated carbocycles. The van der Waals surface area contributed by atoms with Crippen LogP contribution in [0, 0.1) is 11.3 Å². The summed E-state index contributed by atoms with van der Waals surface area (Å²) in [6.07, 6.45) is 1.01. The lowest BCUT2D eigenvalue weighted by atomic mass is 10.1.